The Labute approximate surface area is 91.7 Å². The Morgan fingerprint density at radius 2 is 2.14 bits per heavy atom. The van der Waals surface area contributed by atoms with E-state index in [4.69, 9.17) is 11.6 Å². The number of aromatic nitrogens is 2. The van der Waals surface area contributed by atoms with E-state index in [2.05, 4.69) is 28.4 Å². The number of hydrogen-bond acceptors (Lipinski definition) is 3. The Morgan fingerprint density at radius 1 is 1.36 bits per heavy atom. The minimum Gasteiger partial charge on any atom is -0.205 e. The van der Waals surface area contributed by atoms with Gasteiger partial charge in [-0.3, -0.25) is 0 Å². The number of benzene rings is 1. The highest BCUT2D eigenvalue weighted by Gasteiger charge is 2.07. The van der Waals surface area contributed by atoms with Crippen LogP contribution in [0.1, 0.15) is 12.5 Å². The van der Waals surface area contributed by atoms with E-state index in [9.17, 15) is 0 Å². The molecular formula is C10H9ClN2S. The van der Waals surface area contributed by atoms with Gasteiger partial charge in [-0.15, -0.1) is 0 Å². The molecule has 0 aliphatic heterocycles. The Bertz CT molecular complexity index is 439. The summed E-state index contributed by atoms with van der Waals surface area (Å²) in [4.78, 5) is 4.16. The molecule has 2 aromatic rings. The summed E-state index contributed by atoms with van der Waals surface area (Å²) in [5.74, 6) is 0. The summed E-state index contributed by atoms with van der Waals surface area (Å²) in [6, 6.07) is 8.19. The fraction of sp³-hybridized carbons (Fsp3) is 0.200. The molecule has 72 valence electrons. The lowest BCUT2D eigenvalue weighted by atomic mass is 10.1. The van der Waals surface area contributed by atoms with Crippen molar-refractivity contribution in [1.29, 1.82) is 0 Å². The fourth-order valence-corrected chi connectivity index (χ4v) is 2.22. The second-order valence-electron chi connectivity index (χ2n) is 2.88. The largest absolute Gasteiger partial charge is 0.234 e. The molecule has 0 N–H and O–H groups in total. The second-order valence-corrected chi connectivity index (χ2v) is 3.97. The first-order valence-corrected chi connectivity index (χ1v) is 5.54. The smallest absolute Gasteiger partial charge is 0.205 e. The van der Waals surface area contributed by atoms with Crippen LogP contribution >= 0.6 is 23.1 Å². The van der Waals surface area contributed by atoms with Gasteiger partial charge in [0.25, 0.3) is 0 Å². The monoisotopic (exact) mass is 224 g/mol. The first-order valence-electron chi connectivity index (χ1n) is 4.38. The van der Waals surface area contributed by atoms with E-state index in [1.807, 2.05) is 12.1 Å². The van der Waals surface area contributed by atoms with Crippen LogP contribution in [0.5, 0.6) is 0 Å². The molecule has 4 heteroatoms. The van der Waals surface area contributed by atoms with Crippen molar-refractivity contribution in [2.45, 2.75) is 13.3 Å². The van der Waals surface area contributed by atoms with Crippen LogP contribution in [0.15, 0.2) is 24.3 Å². The quantitative estimate of drug-likeness (QED) is 0.781. The summed E-state index contributed by atoms with van der Waals surface area (Å²) in [7, 11) is 0. The highest BCUT2D eigenvalue weighted by molar-refractivity contribution is 7.09. The number of aryl methyl sites for hydroxylation is 1. The maximum absolute atomic E-state index is 5.69. The van der Waals surface area contributed by atoms with Crippen LogP contribution in [0.2, 0.25) is 5.28 Å². The number of rotatable bonds is 2. The van der Waals surface area contributed by atoms with Crippen molar-refractivity contribution in [1.82, 2.24) is 9.36 Å². The van der Waals surface area contributed by atoms with Gasteiger partial charge >= 0.3 is 0 Å². The molecule has 1 heterocycles. The van der Waals surface area contributed by atoms with Crippen LogP contribution in [0.25, 0.3) is 10.6 Å². The topological polar surface area (TPSA) is 25.8 Å². The first-order chi connectivity index (χ1) is 6.81. The van der Waals surface area contributed by atoms with E-state index in [-0.39, 0.29) is 0 Å². The minimum absolute atomic E-state index is 0.330. The molecule has 0 spiro atoms. The third-order valence-electron chi connectivity index (χ3n) is 2.03. The normalized spacial score (nSPS) is 10.4. The molecule has 14 heavy (non-hydrogen) atoms. The summed E-state index contributed by atoms with van der Waals surface area (Å²) in [5.41, 5.74) is 2.42. The highest BCUT2D eigenvalue weighted by atomic mass is 35.5. The maximum atomic E-state index is 5.69. The highest BCUT2D eigenvalue weighted by Crippen LogP contribution is 2.26. The molecule has 0 bridgehead atoms. The van der Waals surface area contributed by atoms with Crippen LogP contribution < -0.4 is 0 Å². The lowest BCUT2D eigenvalue weighted by Crippen LogP contribution is -1.85. The van der Waals surface area contributed by atoms with Crippen LogP contribution in [-0.4, -0.2) is 9.36 Å². The van der Waals surface area contributed by atoms with Gasteiger partial charge in [-0.05, 0) is 35.1 Å². The summed E-state index contributed by atoms with van der Waals surface area (Å²) in [6.07, 6.45) is 0.993. The Balaban J connectivity index is 2.50. The second kappa shape index (κ2) is 4.07. The van der Waals surface area contributed by atoms with Crippen LogP contribution in [0.4, 0.5) is 0 Å². The summed E-state index contributed by atoms with van der Waals surface area (Å²) >= 11 is 7.03. The maximum Gasteiger partial charge on any atom is 0.234 e. The molecule has 0 radical (unpaired) electrons. The lowest BCUT2D eigenvalue weighted by Gasteiger charge is -2.02. The summed E-state index contributed by atoms with van der Waals surface area (Å²) in [5, 5.41) is 1.23. The van der Waals surface area contributed by atoms with Gasteiger partial charge in [0.2, 0.25) is 5.28 Å². The van der Waals surface area contributed by atoms with Crippen LogP contribution in [-0.2, 0) is 6.42 Å². The van der Waals surface area contributed by atoms with Crippen molar-refractivity contribution in [3.05, 3.63) is 35.1 Å². The van der Waals surface area contributed by atoms with Gasteiger partial charge in [0.1, 0.15) is 5.01 Å². The van der Waals surface area contributed by atoms with Crippen molar-refractivity contribution in [2.24, 2.45) is 0 Å². The van der Waals surface area contributed by atoms with Gasteiger partial charge in [0.05, 0.1) is 0 Å². The van der Waals surface area contributed by atoms with Gasteiger partial charge < -0.3 is 0 Å². The van der Waals surface area contributed by atoms with Gasteiger partial charge in [0, 0.05) is 5.56 Å². The zero-order chi connectivity index (χ0) is 9.97. The number of halogens is 1. The van der Waals surface area contributed by atoms with Crippen molar-refractivity contribution < 1.29 is 0 Å². The summed E-state index contributed by atoms with van der Waals surface area (Å²) in [6.45, 7) is 2.13. The van der Waals surface area contributed by atoms with E-state index < -0.39 is 0 Å². The molecule has 2 nitrogen and oxygen atoms in total. The molecule has 2 rings (SSSR count). The molecular weight excluding hydrogens is 216 g/mol. The Hall–Kier alpha value is -0.930. The van der Waals surface area contributed by atoms with Gasteiger partial charge in [-0.1, -0.05) is 31.2 Å². The number of nitrogens with zero attached hydrogens (tertiary/aromatic N) is 2. The van der Waals surface area contributed by atoms with Crippen LogP contribution in [0, 0.1) is 0 Å². The molecule has 0 amide bonds. The molecule has 1 aromatic carbocycles. The van der Waals surface area contributed by atoms with Crippen molar-refractivity contribution in [3.8, 4) is 10.6 Å². The SMILES string of the molecule is CCc1ccccc1-c1nc(Cl)ns1. The molecule has 1 aromatic heterocycles. The molecule has 0 saturated heterocycles. The minimum atomic E-state index is 0.330. The van der Waals surface area contributed by atoms with E-state index in [0.717, 1.165) is 17.0 Å². The number of hydrogen-bond donors (Lipinski definition) is 0. The molecule has 0 saturated carbocycles. The third kappa shape index (κ3) is 1.79. The van der Waals surface area contributed by atoms with Crippen molar-refractivity contribution in [2.75, 3.05) is 0 Å². The van der Waals surface area contributed by atoms with Crippen molar-refractivity contribution in [3.63, 3.8) is 0 Å². The summed E-state index contributed by atoms with van der Waals surface area (Å²) < 4.78 is 3.96. The third-order valence-corrected chi connectivity index (χ3v) is 3.05. The van der Waals surface area contributed by atoms with Gasteiger partial charge in [-0.25, -0.2) is 4.98 Å². The molecule has 0 fully saturated rings. The Kier molecular flexibility index (Phi) is 2.79. The Morgan fingerprint density at radius 3 is 2.79 bits per heavy atom. The lowest BCUT2D eigenvalue weighted by molar-refractivity contribution is 1.14. The molecule has 0 aliphatic rings. The molecule has 0 atom stereocenters. The van der Waals surface area contributed by atoms with E-state index in [0.29, 0.717) is 5.28 Å². The fourth-order valence-electron chi connectivity index (χ4n) is 1.35. The zero-order valence-corrected chi connectivity index (χ0v) is 9.27. The van der Waals surface area contributed by atoms with Crippen LogP contribution in [0.3, 0.4) is 0 Å². The van der Waals surface area contributed by atoms with Crippen molar-refractivity contribution >= 4 is 23.1 Å². The van der Waals surface area contributed by atoms with Gasteiger partial charge in [0.15, 0.2) is 0 Å². The predicted molar refractivity (Wildman–Crippen MR) is 59.7 cm³/mol. The first kappa shape index (κ1) is 9.62. The zero-order valence-electron chi connectivity index (χ0n) is 7.70. The standard InChI is InChI=1S/C10H9ClN2S/c1-2-7-5-3-4-6-8(7)9-12-10(11)13-14-9/h3-6H,2H2,1H3. The molecule has 0 unspecified atom stereocenters. The van der Waals surface area contributed by atoms with Gasteiger partial charge in [-0.2, -0.15) is 4.37 Å². The average Bonchev–Trinajstić information content (AvgIpc) is 2.65. The average molecular weight is 225 g/mol. The predicted octanol–water partition coefficient (Wildman–Crippen LogP) is 3.42. The molecule has 0 aliphatic carbocycles. The van der Waals surface area contributed by atoms with E-state index in [1.54, 1.807) is 0 Å². The van der Waals surface area contributed by atoms with E-state index >= 15 is 0 Å². The van der Waals surface area contributed by atoms with E-state index in [1.165, 1.54) is 17.1 Å².